The van der Waals surface area contributed by atoms with Crippen molar-refractivity contribution in [3.63, 3.8) is 0 Å². The zero-order valence-corrected chi connectivity index (χ0v) is 20.9. The second-order valence-corrected chi connectivity index (χ2v) is 8.79. The van der Waals surface area contributed by atoms with E-state index in [1.807, 2.05) is 45.0 Å². The van der Waals surface area contributed by atoms with Crippen LogP contribution < -0.4 is 9.47 Å². The zero-order valence-electron chi connectivity index (χ0n) is 20.9. The normalized spacial score (nSPS) is 17.2. The first-order valence-electron chi connectivity index (χ1n) is 11.8. The lowest BCUT2D eigenvalue weighted by Gasteiger charge is -2.26. The minimum atomic E-state index is -0.709. The van der Waals surface area contributed by atoms with Crippen LogP contribution in [0.4, 0.5) is 0 Å². The van der Waals surface area contributed by atoms with E-state index < -0.39 is 17.7 Å². The lowest BCUT2D eigenvalue weighted by atomic mass is 9.94. The van der Waals surface area contributed by atoms with E-state index in [0.29, 0.717) is 37.6 Å². The Bertz CT molecular complexity index is 1100. The summed E-state index contributed by atoms with van der Waals surface area (Å²) >= 11 is 0. The highest BCUT2D eigenvalue weighted by atomic mass is 16.5. The molecule has 0 saturated carbocycles. The molecule has 0 bridgehead atoms. The zero-order chi connectivity index (χ0) is 25.5. The SMILES string of the molecule is C=CCOc1ccc([C@@H]2C(=C(O)c3ccc(OCCC)c(C)c3)C(=O)C(=O)N2CCN(C)C)cc1. The van der Waals surface area contributed by atoms with Crippen molar-refractivity contribution in [2.45, 2.75) is 26.3 Å². The fourth-order valence-corrected chi connectivity index (χ4v) is 3.99. The lowest BCUT2D eigenvalue weighted by molar-refractivity contribution is -0.140. The number of rotatable bonds is 11. The number of carbonyl (C=O) groups is 2. The summed E-state index contributed by atoms with van der Waals surface area (Å²) in [7, 11) is 3.81. The number of aryl methyl sites for hydroxylation is 1. The summed E-state index contributed by atoms with van der Waals surface area (Å²) in [4.78, 5) is 29.7. The third-order valence-corrected chi connectivity index (χ3v) is 5.80. The average Bonchev–Trinajstić information content (AvgIpc) is 3.10. The van der Waals surface area contributed by atoms with Gasteiger partial charge in [0.15, 0.2) is 0 Å². The Morgan fingerprint density at radius 3 is 2.46 bits per heavy atom. The van der Waals surface area contributed by atoms with Gasteiger partial charge < -0.3 is 24.4 Å². The van der Waals surface area contributed by atoms with Crippen molar-refractivity contribution in [3.8, 4) is 11.5 Å². The monoisotopic (exact) mass is 478 g/mol. The van der Waals surface area contributed by atoms with Gasteiger partial charge in [0.25, 0.3) is 11.7 Å². The minimum Gasteiger partial charge on any atom is -0.507 e. The van der Waals surface area contributed by atoms with Gasteiger partial charge in [0.05, 0.1) is 18.2 Å². The second-order valence-electron chi connectivity index (χ2n) is 8.79. The number of Topliss-reactive ketones (excluding diaryl/α,β-unsaturated/α-hetero) is 1. The molecule has 7 heteroatoms. The summed E-state index contributed by atoms with van der Waals surface area (Å²) in [5.74, 6) is -0.135. The number of aliphatic hydroxyl groups is 1. The van der Waals surface area contributed by atoms with Crippen LogP contribution in [-0.4, -0.2) is 67.0 Å². The first-order chi connectivity index (χ1) is 16.8. The number of nitrogens with zero attached hydrogens (tertiary/aromatic N) is 2. The van der Waals surface area contributed by atoms with Crippen LogP contribution >= 0.6 is 0 Å². The van der Waals surface area contributed by atoms with Gasteiger partial charge in [0.1, 0.15) is 23.9 Å². The molecule has 0 aliphatic carbocycles. The molecule has 186 valence electrons. The topological polar surface area (TPSA) is 79.3 Å². The van der Waals surface area contributed by atoms with E-state index in [1.165, 1.54) is 4.90 Å². The van der Waals surface area contributed by atoms with E-state index in [0.717, 1.165) is 23.3 Å². The molecule has 35 heavy (non-hydrogen) atoms. The molecule has 1 N–H and O–H groups in total. The van der Waals surface area contributed by atoms with Gasteiger partial charge in [-0.2, -0.15) is 0 Å². The van der Waals surface area contributed by atoms with Gasteiger partial charge in [-0.1, -0.05) is 31.7 Å². The first-order valence-corrected chi connectivity index (χ1v) is 11.8. The van der Waals surface area contributed by atoms with E-state index in [-0.39, 0.29) is 11.3 Å². The number of hydrogen-bond donors (Lipinski definition) is 1. The smallest absolute Gasteiger partial charge is 0.295 e. The summed E-state index contributed by atoms with van der Waals surface area (Å²) < 4.78 is 11.3. The number of aliphatic hydroxyl groups excluding tert-OH is 1. The highest BCUT2D eigenvalue weighted by Crippen LogP contribution is 2.40. The number of carbonyl (C=O) groups excluding carboxylic acids is 2. The number of likely N-dealkylation sites (N-methyl/N-ethyl adjacent to an activating group) is 1. The molecule has 2 aromatic rings. The Labute approximate surface area is 207 Å². The number of hydrogen-bond acceptors (Lipinski definition) is 6. The van der Waals surface area contributed by atoms with Gasteiger partial charge in [0.2, 0.25) is 0 Å². The predicted molar refractivity (Wildman–Crippen MR) is 137 cm³/mol. The highest BCUT2D eigenvalue weighted by molar-refractivity contribution is 6.46. The Balaban J connectivity index is 2.06. The van der Waals surface area contributed by atoms with Crippen LogP contribution in [0.5, 0.6) is 11.5 Å². The van der Waals surface area contributed by atoms with E-state index in [2.05, 4.69) is 6.58 Å². The Morgan fingerprint density at radius 1 is 1.14 bits per heavy atom. The summed E-state index contributed by atoms with van der Waals surface area (Å²) in [5.41, 5.74) is 2.10. The number of ether oxygens (including phenoxy) is 2. The molecule has 1 amide bonds. The Morgan fingerprint density at radius 2 is 1.86 bits per heavy atom. The summed E-state index contributed by atoms with van der Waals surface area (Å²) in [5, 5.41) is 11.3. The minimum absolute atomic E-state index is 0.0788. The van der Waals surface area contributed by atoms with Crippen molar-refractivity contribution in [1.82, 2.24) is 9.80 Å². The van der Waals surface area contributed by atoms with Crippen LogP contribution in [0.1, 0.15) is 36.1 Å². The third kappa shape index (κ3) is 5.92. The summed E-state index contributed by atoms with van der Waals surface area (Å²) in [6, 6.07) is 11.8. The van der Waals surface area contributed by atoms with Crippen LogP contribution in [0.2, 0.25) is 0 Å². The van der Waals surface area contributed by atoms with E-state index >= 15 is 0 Å². The maximum atomic E-state index is 13.2. The molecule has 0 radical (unpaired) electrons. The summed E-state index contributed by atoms with van der Waals surface area (Å²) in [6.45, 7) is 9.45. The van der Waals surface area contributed by atoms with Gasteiger partial charge in [-0.15, -0.1) is 0 Å². The van der Waals surface area contributed by atoms with Crippen LogP contribution in [0.25, 0.3) is 5.76 Å². The van der Waals surface area contributed by atoms with E-state index in [1.54, 1.807) is 36.4 Å². The molecule has 0 spiro atoms. The average molecular weight is 479 g/mol. The van der Waals surface area contributed by atoms with Crippen molar-refractivity contribution in [2.24, 2.45) is 0 Å². The van der Waals surface area contributed by atoms with Crippen molar-refractivity contribution in [1.29, 1.82) is 0 Å². The van der Waals surface area contributed by atoms with Crippen molar-refractivity contribution in [3.05, 3.63) is 77.4 Å². The molecular weight excluding hydrogens is 444 g/mol. The van der Waals surface area contributed by atoms with Crippen molar-refractivity contribution in [2.75, 3.05) is 40.4 Å². The molecule has 3 rings (SSSR count). The van der Waals surface area contributed by atoms with Crippen LogP contribution in [0, 0.1) is 6.92 Å². The Kier molecular flexibility index (Phi) is 8.71. The molecular formula is C28H34N2O5. The fourth-order valence-electron chi connectivity index (χ4n) is 3.99. The second kappa shape index (κ2) is 11.7. The largest absolute Gasteiger partial charge is 0.507 e. The quantitative estimate of drug-likeness (QED) is 0.224. The molecule has 1 heterocycles. The fraction of sp³-hybridized carbons (Fsp3) is 0.357. The molecule has 2 aromatic carbocycles. The third-order valence-electron chi connectivity index (χ3n) is 5.80. The number of likely N-dealkylation sites (tertiary alicyclic amines) is 1. The van der Waals surface area contributed by atoms with Gasteiger partial charge in [-0.05, 0) is 68.9 Å². The predicted octanol–water partition coefficient (Wildman–Crippen LogP) is 4.33. The number of amides is 1. The van der Waals surface area contributed by atoms with Gasteiger partial charge in [0, 0.05) is 18.7 Å². The highest BCUT2D eigenvalue weighted by Gasteiger charge is 2.45. The molecule has 1 saturated heterocycles. The number of ketones is 1. The van der Waals surface area contributed by atoms with Crippen LogP contribution in [0.15, 0.2) is 60.7 Å². The molecule has 1 aliphatic heterocycles. The molecule has 1 aliphatic rings. The van der Waals surface area contributed by atoms with Gasteiger partial charge in [-0.3, -0.25) is 9.59 Å². The van der Waals surface area contributed by atoms with E-state index in [4.69, 9.17) is 9.47 Å². The lowest BCUT2D eigenvalue weighted by Crippen LogP contribution is -2.35. The molecule has 0 unspecified atom stereocenters. The van der Waals surface area contributed by atoms with Gasteiger partial charge in [-0.25, -0.2) is 0 Å². The van der Waals surface area contributed by atoms with E-state index in [9.17, 15) is 14.7 Å². The first kappa shape index (κ1) is 26.0. The number of benzene rings is 2. The van der Waals surface area contributed by atoms with Crippen molar-refractivity contribution >= 4 is 17.4 Å². The van der Waals surface area contributed by atoms with Gasteiger partial charge >= 0.3 is 0 Å². The molecule has 0 aromatic heterocycles. The maximum absolute atomic E-state index is 13.2. The molecule has 1 atom stereocenters. The van der Waals surface area contributed by atoms with Crippen molar-refractivity contribution < 1.29 is 24.2 Å². The molecule has 7 nitrogen and oxygen atoms in total. The van der Waals surface area contributed by atoms with Crippen LogP contribution in [0.3, 0.4) is 0 Å². The molecule has 1 fully saturated rings. The Hall–Kier alpha value is -3.58. The standard InChI is InChI=1S/C28H34N2O5/c1-6-16-34-22-11-8-20(9-12-22)25-24(27(32)28(33)30(25)15-14-29(4)5)26(31)21-10-13-23(19(3)18-21)35-17-7-2/h6,8-13,18,25,31H,1,7,14-17H2,2-5H3/t25-/m1/s1. The maximum Gasteiger partial charge on any atom is 0.295 e. The van der Waals surface area contributed by atoms with Crippen LogP contribution in [-0.2, 0) is 9.59 Å². The summed E-state index contributed by atoms with van der Waals surface area (Å²) in [6.07, 6.45) is 2.54.